The van der Waals surface area contributed by atoms with E-state index in [9.17, 15) is 9.59 Å². The van der Waals surface area contributed by atoms with E-state index in [1.54, 1.807) is 11.0 Å². The summed E-state index contributed by atoms with van der Waals surface area (Å²) in [5.41, 5.74) is 1.76. The first kappa shape index (κ1) is 14.4. The molecule has 0 aromatic heterocycles. The lowest BCUT2D eigenvalue weighted by Gasteiger charge is -2.35. The Morgan fingerprint density at radius 1 is 1.45 bits per heavy atom. The summed E-state index contributed by atoms with van der Waals surface area (Å²) in [4.78, 5) is 24.9. The van der Waals surface area contributed by atoms with Crippen molar-refractivity contribution in [2.45, 2.75) is 33.3 Å². The number of nitrogens with zero attached hydrogens (tertiary/aromatic N) is 1. The van der Waals surface area contributed by atoms with Crippen LogP contribution in [-0.4, -0.2) is 29.6 Å². The molecule has 1 heterocycles. The molecule has 5 heteroatoms. The number of rotatable bonds is 4. The van der Waals surface area contributed by atoms with Crippen molar-refractivity contribution in [3.05, 3.63) is 23.8 Å². The van der Waals surface area contributed by atoms with Gasteiger partial charge in [-0.15, -0.1) is 0 Å². The van der Waals surface area contributed by atoms with Gasteiger partial charge in [0.2, 0.25) is 0 Å². The third kappa shape index (κ3) is 2.92. The summed E-state index contributed by atoms with van der Waals surface area (Å²) >= 11 is 0. The molecule has 1 aliphatic heterocycles. The molecule has 1 atom stereocenters. The minimum atomic E-state index is -1.04. The molecule has 0 fully saturated rings. The Bertz CT molecular complexity index is 539. The second-order valence-electron chi connectivity index (χ2n) is 5.52. The van der Waals surface area contributed by atoms with E-state index >= 15 is 0 Å². The van der Waals surface area contributed by atoms with Crippen LogP contribution >= 0.6 is 0 Å². The lowest BCUT2D eigenvalue weighted by Crippen LogP contribution is -2.48. The minimum absolute atomic E-state index is 0.279. The quantitative estimate of drug-likeness (QED) is 0.916. The van der Waals surface area contributed by atoms with Gasteiger partial charge in [0.15, 0.2) is 6.10 Å². The Hall–Kier alpha value is -2.04. The summed E-state index contributed by atoms with van der Waals surface area (Å²) in [6.45, 7) is 6.53. The van der Waals surface area contributed by atoms with Gasteiger partial charge in [0.05, 0.1) is 12.1 Å². The molecule has 0 saturated carbocycles. The molecular weight excluding hydrogens is 258 g/mol. The van der Waals surface area contributed by atoms with Crippen LogP contribution in [0.25, 0.3) is 0 Å². The lowest BCUT2D eigenvalue weighted by molar-refractivity contribution is -0.142. The van der Waals surface area contributed by atoms with Crippen LogP contribution in [-0.2, 0) is 9.59 Å². The molecule has 0 spiro atoms. The Morgan fingerprint density at radius 2 is 2.15 bits per heavy atom. The highest BCUT2D eigenvalue weighted by molar-refractivity contribution is 6.01. The van der Waals surface area contributed by atoms with Crippen LogP contribution in [0.2, 0.25) is 0 Å². The number of ether oxygens (including phenoxy) is 1. The first-order valence-corrected chi connectivity index (χ1v) is 6.69. The number of anilines is 1. The normalized spacial score (nSPS) is 17.9. The number of hydrogen-bond acceptors (Lipinski definition) is 3. The summed E-state index contributed by atoms with van der Waals surface area (Å²) in [5.74, 6) is -0.458. The van der Waals surface area contributed by atoms with Crippen LogP contribution in [0.5, 0.6) is 5.75 Å². The third-order valence-electron chi connectivity index (χ3n) is 3.12. The first-order chi connectivity index (χ1) is 9.38. The largest absolute Gasteiger partial charge is 0.481 e. The van der Waals surface area contributed by atoms with Gasteiger partial charge in [0.1, 0.15) is 5.75 Å². The molecule has 1 amide bonds. The van der Waals surface area contributed by atoms with Crippen molar-refractivity contribution in [3.63, 3.8) is 0 Å². The standard InChI is InChI=1S/C15H19NO4/c1-9(2)8-16-11-6-10(3)4-5-12(11)20-13(15(16)19)7-14(17)18/h4-6,9,13H,7-8H2,1-3H3,(H,17,18). The first-order valence-electron chi connectivity index (χ1n) is 6.69. The fourth-order valence-electron chi connectivity index (χ4n) is 2.28. The Morgan fingerprint density at radius 3 is 2.75 bits per heavy atom. The number of carbonyl (C=O) groups excluding carboxylic acids is 1. The van der Waals surface area contributed by atoms with Crippen molar-refractivity contribution in [1.82, 2.24) is 0 Å². The highest BCUT2D eigenvalue weighted by Gasteiger charge is 2.35. The van der Waals surface area contributed by atoms with E-state index < -0.39 is 12.1 Å². The fourth-order valence-corrected chi connectivity index (χ4v) is 2.28. The average molecular weight is 277 g/mol. The maximum Gasteiger partial charge on any atom is 0.307 e. The van der Waals surface area contributed by atoms with E-state index in [-0.39, 0.29) is 18.2 Å². The topological polar surface area (TPSA) is 66.8 Å². The van der Waals surface area contributed by atoms with Crippen LogP contribution < -0.4 is 9.64 Å². The molecule has 0 bridgehead atoms. The zero-order chi connectivity index (χ0) is 14.9. The summed E-state index contributed by atoms with van der Waals surface area (Å²) in [7, 11) is 0. The van der Waals surface area contributed by atoms with Crippen molar-refractivity contribution >= 4 is 17.6 Å². The van der Waals surface area contributed by atoms with E-state index in [1.165, 1.54) is 0 Å². The molecule has 1 aromatic carbocycles. The lowest BCUT2D eigenvalue weighted by atomic mass is 10.1. The molecule has 20 heavy (non-hydrogen) atoms. The maximum atomic E-state index is 12.4. The van der Waals surface area contributed by atoms with Gasteiger partial charge in [-0.2, -0.15) is 0 Å². The second-order valence-corrected chi connectivity index (χ2v) is 5.52. The molecule has 1 aromatic rings. The number of carboxylic acids is 1. The number of carbonyl (C=O) groups is 2. The average Bonchev–Trinajstić information content (AvgIpc) is 2.34. The van der Waals surface area contributed by atoms with Crippen LogP contribution in [0.4, 0.5) is 5.69 Å². The van der Waals surface area contributed by atoms with Crippen molar-refractivity contribution in [2.75, 3.05) is 11.4 Å². The predicted octanol–water partition coefficient (Wildman–Crippen LogP) is 2.22. The van der Waals surface area contributed by atoms with Crippen LogP contribution in [0.1, 0.15) is 25.8 Å². The Kier molecular flexibility index (Phi) is 3.97. The molecule has 1 unspecified atom stereocenters. The van der Waals surface area contributed by atoms with Gasteiger partial charge >= 0.3 is 5.97 Å². The number of amides is 1. The van der Waals surface area contributed by atoms with Crippen molar-refractivity contribution in [3.8, 4) is 5.75 Å². The fraction of sp³-hybridized carbons (Fsp3) is 0.467. The van der Waals surface area contributed by atoms with E-state index in [0.717, 1.165) is 11.3 Å². The van der Waals surface area contributed by atoms with Gasteiger partial charge < -0.3 is 14.7 Å². The molecular formula is C15H19NO4. The third-order valence-corrected chi connectivity index (χ3v) is 3.12. The highest BCUT2D eigenvalue weighted by Crippen LogP contribution is 2.35. The summed E-state index contributed by atoms with van der Waals surface area (Å²) in [6, 6.07) is 5.58. The molecule has 108 valence electrons. The zero-order valence-corrected chi connectivity index (χ0v) is 11.9. The van der Waals surface area contributed by atoms with E-state index in [1.807, 2.05) is 32.9 Å². The number of aliphatic carboxylic acids is 1. The molecule has 2 rings (SSSR count). The molecule has 0 aliphatic carbocycles. The van der Waals surface area contributed by atoms with E-state index in [2.05, 4.69) is 0 Å². The highest BCUT2D eigenvalue weighted by atomic mass is 16.5. The second kappa shape index (κ2) is 5.53. The van der Waals surface area contributed by atoms with Gasteiger partial charge in [-0.25, -0.2) is 0 Å². The predicted molar refractivity (Wildman–Crippen MR) is 75.0 cm³/mol. The zero-order valence-electron chi connectivity index (χ0n) is 11.9. The minimum Gasteiger partial charge on any atom is -0.481 e. The number of carboxylic acid groups (broad SMARTS) is 1. The van der Waals surface area contributed by atoms with E-state index in [0.29, 0.717) is 12.3 Å². The monoisotopic (exact) mass is 277 g/mol. The summed E-state index contributed by atoms with van der Waals surface area (Å²) in [6.07, 6.45) is -1.26. The molecule has 1 aliphatic rings. The van der Waals surface area contributed by atoms with Crippen LogP contribution in [0.15, 0.2) is 18.2 Å². The SMILES string of the molecule is Cc1ccc2c(c1)N(CC(C)C)C(=O)C(CC(=O)O)O2. The Labute approximate surface area is 118 Å². The maximum absolute atomic E-state index is 12.4. The molecule has 0 saturated heterocycles. The Balaban J connectivity index is 2.39. The smallest absolute Gasteiger partial charge is 0.307 e. The number of aryl methyl sites for hydroxylation is 1. The summed E-state index contributed by atoms with van der Waals surface area (Å²) < 4.78 is 5.55. The molecule has 5 nitrogen and oxygen atoms in total. The van der Waals surface area contributed by atoms with Crippen LogP contribution in [0, 0.1) is 12.8 Å². The van der Waals surface area contributed by atoms with Gasteiger partial charge in [-0.05, 0) is 30.5 Å². The molecule has 0 radical (unpaired) electrons. The number of benzene rings is 1. The number of hydrogen-bond donors (Lipinski definition) is 1. The van der Waals surface area contributed by atoms with Crippen molar-refractivity contribution in [1.29, 1.82) is 0 Å². The van der Waals surface area contributed by atoms with Crippen LogP contribution in [0.3, 0.4) is 0 Å². The summed E-state index contributed by atoms with van der Waals surface area (Å²) in [5, 5.41) is 8.89. The number of fused-ring (bicyclic) bond motifs is 1. The molecule has 1 N–H and O–H groups in total. The van der Waals surface area contributed by atoms with Gasteiger partial charge in [-0.3, -0.25) is 9.59 Å². The van der Waals surface area contributed by atoms with Gasteiger partial charge in [-0.1, -0.05) is 19.9 Å². The van der Waals surface area contributed by atoms with Gasteiger partial charge in [0.25, 0.3) is 5.91 Å². The van der Waals surface area contributed by atoms with Crippen molar-refractivity contribution in [2.24, 2.45) is 5.92 Å². The van der Waals surface area contributed by atoms with E-state index in [4.69, 9.17) is 9.84 Å². The van der Waals surface area contributed by atoms with Crippen molar-refractivity contribution < 1.29 is 19.4 Å². The van der Waals surface area contributed by atoms with Gasteiger partial charge in [0, 0.05) is 6.54 Å².